The van der Waals surface area contributed by atoms with Crippen molar-refractivity contribution in [2.45, 2.75) is 25.5 Å². The smallest absolute Gasteiger partial charge is 0.179 e. The Bertz CT molecular complexity index is 423. The fourth-order valence-electron chi connectivity index (χ4n) is 2.26. The van der Waals surface area contributed by atoms with Gasteiger partial charge in [-0.15, -0.1) is 12.4 Å². The number of halogens is 2. The first kappa shape index (κ1) is 17.4. The molecule has 0 spiro atoms. The van der Waals surface area contributed by atoms with Gasteiger partial charge in [0.05, 0.1) is 25.3 Å². The molecular weight excluding hydrogens is 301 g/mol. The number of rotatable bonds is 6. The van der Waals surface area contributed by atoms with Crippen molar-refractivity contribution in [2.75, 3.05) is 27.4 Å². The van der Waals surface area contributed by atoms with E-state index in [-0.39, 0.29) is 12.4 Å². The molecule has 4 nitrogen and oxygen atoms in total. The summed E-state index contributed by atoms with van der Waals surface area (Å²) in [4.78, 5) is 0. The third-order valence-electron chi connectivity index (χ3n) is 3.22. The third-order valence-corrected chi connectivity index (χ3v) is 3.50. The van der Waals surface area contributed by atoms with Gasteiger partial charge in [-0.05, 0) is 30.5 Å². The van der Waals surface area contributed by atoms with Gasteiger partial charge in [0, 0.05) is 19.7 Å². The number of methoxy groups -OCH3 is 2. The fourth-order valence-corrected chi connectivity index (χ4v) is 2.57. The molecule has 0 amide bonds. The average molecular weight is 322 g/mol. The van der Waals surface area contributed by atoms with Crippen LogP contribution < -0.4 is 14.8 Å². The van der Waals surface area contributed by atoms with Crippen LogP contribution in [0, 0.1) is 0 Å². The molecular formula is C14H21Cl2NO3. The molecule has 6 heteroatoms. The Labute approximate surface area is 131 Å². The van der Waals surface area contributed by atoms with Crippen LogP contribution in [0.5, 0.6) is 11.5 Å². The van der Waals surface area contributed by atoms with Crippen LogP contribution in [0.4, 0.5) is 0 Å². The van der Waals surface area contributed by atoms with Gasteiger partial charge in [0.2, 0.25) is 0 Å². The van der Waals surface area contributed by atoms with E-state index in [4.69, 9.17) is 25.8 Å². The Kier molecular flexibility index (Phi) is 7.45. The van der Waals surface area contributed by atoms with Gasteiger partial charge >= 0.3 is 0 Å². The van der Waals surface area contributed by atoms with E-state index in [0.717, 1.165) is 38.1 Å². The number of nitrogens with one attached hydrogen (secondary N) is 1. The van der Waals surface area contributed by atoms with E-state index in [1.165, 1.54) is 0 Å². The van der Waals surface area contributed by atoms with E-state index in [0.29, 0.717) is 22.6 Å². The predicted octanol–water partition coefficient (Wildman–Crippen LogP) is 3.05. The highest BCUT2D eigenvalue weighted by Gasteiger charge is 2.15. The highest BCUT2D eigenvalue weighted by atomic mass is 35.5. The number of hydrogen-bond acceptors (Lipinski definition) is 4. The van der Waals surface area contributed by atoms with Crippen LogP contribution in [-0.2, 0) is 11.3 Å². The van der Waals surface area contributed by atoms with E-state index in [2.05, 4.69) is 5.32 Å². The first-order valence-electron chi connectivity index (χ1n) is 6.47. The van der Waals surface area contributed by atoms with E-state index in [1.54, 1.807) is 14.2 Å². The molecule has 20 heavy (non-hydrogen) atoms. The molecule has 0 radical (unpaired) electrons. The van der Waals surface area contributed by atoms with Crippen molar-refractivity contribution in [2.24, 2.45) is 0 Å². The zero-order valence-corrected chi connectivity index (χ0v) is 13.4. The standard InChI is InChI=1S/C14H20ClNO3.ClH/c1-17-13-7-10(6-12(15)14(13)18-2)8-16-9-11-4-3-5-19-11;/h6-7,11,16H,3-5,8-9H2,1-2H3;1H. The molecule has 1 unspecified atom stereocenters. The molecule has 1 N–H and O–H groups in total. The molecule has 1 atom stereocenters. The van der Waals surface area contributed by atoms with E-state index >= 15 is 0 Å². The highest BCUT2D eigenvalue weighted by Crippen LogP contribution is 2.35. The third kappa shape index (κ3) is 4.42. The molecule has 0 bridgehead atoms. The second-order valence-electron chi connectivity index (χ2n) is 4.58. The van der Waals surface area contributed by atoms with Crippen LogP contribution in [-0.4, -0.2) is 33.5 Å². The van der Waals surface area contributed by atoms with Crippen LogP contribution >= 0.6 is 24.0 Å². The maximum Gasteiger partial charge on any atom is 0.179 e. The zero-order chi connectivity index (χ0) is 13.7. The van der Waals surface area contributed by atoms with Crippen molar-refractivity contribution in [3.8, 4) is 11.5 Å². The van der Waals surface area contributed by atoms with Gasteiger partial charge in [-0.1, -0.05) is 11.6 Å². The molecule has 1 saturated heterocycles. The van der Waals surface area contributed by atoms with Crippen molar-refractivity contribution < 1.29 is 14.2 Å². The van der Waals surface area contributed by atoms with E-state index < -0.39 is 0 Å². The summed E-state index contributed by atoms with van der Waals surface area (Å²) in [6, 6.07) is 3.83. The molecule has 1 heterocycles. The molecule has 0 saturated carbocycles. The molecule has 1 aromatic rings. The Morgan fingerprint density at radius 2 is 2.15 bits per heavy atom. The van der Waals surface area contributed by atoms with Crippen molar-refractivity contribution in [1.29, 1.82) is 0 Å². The van der Waals surface area contributed by atoms with Crippen LogP contribution in [0.3, 0.4) is 0 Å². The molecule has 1 aliphatic rings. The zero-order valence-electron chi connectivity index (χ0n) is 11.8. The summed E-state index contributed by atoms with van der Waals surface area (Å²) >= 11 is 6.16. The summed E-state index contributed by atoms with van der Waals surface area (Å²) in [6.07, 6.45) is 2.64. The van der Waals surface area contributed by atoms with Gasteiger partial charge in [-0.25, -0.2) is 0 Å². The van der Waals surface area contributed by atoms with Crippen LogP contribution in [0.25, 0.3) is 0 Å². The SMILES string of the molecule is COc1cc(CNCC2CCCO2)cc(Cl)c1OC.Cl. The second kappa shape index (κ2) is 8.57. The average Bonchev–Trinajstić information content (AvgIpc) is 2.91. The summed E-state index contributed by atoms with van der Waals surface area (Å²) in [6.45, 7) is 2.49. The first-order valence-corrected chi connectivity index (χ1v) is 6.85. The maximum absolute atomic E-state index is 6.16. The Morgan fingerprint density at radius 1 is 1.35 bits per heavy atom. The van der Waals surface area contributed by atoms with Crippen molar-refractivity contribution in [3.63, 3.8) is 0 Å². The van der Waals surface area contributed by atoms with Crippen molar-refractivity contribution in [3.05, 3.63) is 22.7 Å². The fraction of sp³-hybridized carbons (Fsp3) is 0.571. The monoisotopic (exact) mass is 321 g/mol. The summed E-state index contributed by atoms with van der Waals surface area (Å²) in [5, 5.41) is 3.95. The van der Waals surface area contributed by atoms with Gasteiger partial charge < -0.3 is 19.5 Å². The minimum absolute atomic E-state index is 0. The van der Waals surface area contributed by atoms with Gasteiger partial charge in [-0.2, -0.15) is 0 Å². The highest BCUT2D eigenvalue weighted by molar-refractivity contribution is 6.32. The summed E-state index contributed by atoms with van der Waals surface area (Å²) < 4.78 is 16.0. The lowest BCUT2D eigenvalue weighted by molar-refractivity contribution is 0.110. The Morgan fingerprint density at radius 3 is 2.75 bits per heavy atom. The largest absolute Gasteiger partial charge is 0.493 e. The van der Waals surface area contributed by atoms with Gasteiger partial charge in [0.25, 0.3) is 0 Å². The van der Waals surface area contributed by atoms with Crippen LogP contribution in [0.15, 0.2) is 12.1 Å². The molecule has 2 rings (SSSR count). The van der Waals surface area contributed by atoms with Crippen molar-refractivity contribution in [1.82, 2.24) is 5.32 Å². The molecule has 1 aliphatic heterocycles. The lowest BCUT2D eigenvalue weighted by Gasteiger charge is -2.14. The van der Waals surface area contributed by atoms with Crippen LogP contribution in [0.1, 0.15) is 18.4 Å². The summed E-state index contributed by atoms with van der Waals surface area (Å²) in [7, 11) is 3.19. The lowest BCUT2D eigenvalue weighted by atomic mass is 10.2. The molecule has 114 valence electrons. The minimum Gasteiger partial charge on any atom is -0.493 e. The lowest BCUT2D eigenvalue weighted by Crippen LogP contribution is -2.25. The number of benzene rings is 1. The van der Waals surface area contributed by atoms with E-state index in [9.17, 15) is 0 Å². The molecule has 0 aliphatic carbocycles. The second-order valence-corrected chi connectivity index (χ2v) is 4.99. The normalized spacial score (nSPS) is 17.6. The van der Waals surface area contributed by atoms with Crippen molar-refractivity contribution >= 4 is 24.0 Å². The van der Waals surface area contributed by atoms with Crippen LogP contribution in [0.2, 0.25) is 5.02 Å². The number of hydrogen-bond donors (Lipinski definition) is 1. The topological polar surface area (TPSA) is 39.7 Å². The number of ether oxygens (including phenoxy) is 3. The quantitative estimate of drug-likeness (QED) is 0.874. The van der Waals surface area contributed by atoms with Gasteiger partial charge in [-0.3, -0.25) is 0 Å². The molecule has 1 fully saturated rings. The predicted molar refractivity (Wildman–Crippen MR) is 82.5 cm³/mol. The summed E-state index contributed by atoms with van der Waals surface area (Å²) in [5.41, 5.74) is 1.07. The molecule has 0 aromatic heterocycles. The molecule has 1 aromatic carbocycles. The maximum atomic E-state index is 6.16. The Balaban J connectivity index is 0.00000200. The summed E-state index contributed by atoms with van der Waals surface area (Å²) in [5.74, 6) is 1.23. The Hall–Kier alpha value is -0.680. The van der Waals surface area contributed by atoms with Gasteiger partial charge in [0.1, 0.15) is 0 Å². The van der Waals surface area contributed by atoms with Gasteiger partial charge in [0.15, 0.2) is 11.5 Å². The van der Waals surface area contributed by atoms with E-state index in [1.807, 2.05) is 12.1 Å². The minimum atomic E-state index is 0. The first-order chi connectivity index (χ1) is 9.24.